The summed E-state index contributed by atoms with van der Waals surface area (Å²) in [6.45, 7) is 2.03. The zero-order chi connectivity index (χ0) is 17.2. The number of halogens is 1. The van der Waals surface area contributed by atoms with E-state index in [2.05, 4.69) is 24.8 Å². The molecule has 7 heteroatoms. The highest BCUT2D eigenvalue weighted by Gasteiger charge is 2.22. The molecule has 0 aliphatic carbocycles. The molecule has 6 nitrogen and oxygen atoms in total. The zero-order valence-electron chi connectivity index (χ0n) is 13.4. The molecule has 1 aliphatic heterocycles. The van der Waals surface area contributed by atoms with Gasteiger partial charge >= 0.3 is 0 Å². The predicted molar refractivity (Wildman–Crippen MR) is 95.2 cm³/mol. The first-order chi connectivity index (χ1) is 12.2. The van der Waals surface area contributed by atoms with Crippen LogP contribution >= 0.6 is 11.6 Å². The van der Waals surface area contributed by atoms with Crippen molar-refractivity contribution in [1.29, 1.82) is 0 Å². The van der Waals surface area contributed by atoms with Gasteiger partial charge in [0.25, 0.3) is 5.56 Å². The molecule has 0 aromatic carbocycles. The molecule has 3 aromatic heterocycles. The number of H-pyrrole nitrogens is 1. The van der Waals surface area contributed by atoms with Gasteiger partial charge in [-0.3, -0.25) is 19.7 Å². The number of nitrogens with one attached hydrogen (secondary N) is 1. The lowest BCUT2D eigenvalue weighted by molar-refractivity contribution is 0.241. The summed E-state index contributed by atoms with van der Waals surface area (Å²) in [6, 6.07) is 5.49. The Morgan fingerprint density at radius 3 is 2.88 bits per heavy atom. The zero-order valence-corrected chi connectivity index (χ0v) is 14.2. The molecule has 0 saturated carbocycles. The minimum atomic E-state index is -0.0918. The van der Waals surface area contributed by atoms with Gasteiger partial charge in [0.1, 0.15) is 5.82 Å². The second-order valence-corrected chi connectivity index (χ2v) is 6.42. The molecule has 0 bridgehead atoms. The van der Waals surface area contributed by atoms with Gasteiger partial charge in [0.05, 0.1) is 11.3 Å². The molecule has 4 heterocycles. The molecular formula is C18H16ClN5O. The highest BCUT2D eigenvalue weighted by molar-refractivity contribution is 6.31. The van der Waals surface area contributed by atoms with Crippen molar-refractivity contribution in [3.8, 4) is 11.4 Å². The number of rotatable bonds is 3. The van der Waals surface area contributed by atoms with Gasteiger partial charge in [-0.15, -0.1) is 0 Å². The maximum absolute atomic E-state index is 12.5. The summed E-state index contributed by atoms with van der Waals surface area (Å²) in [5, 5.41) is 0.694. The molecule has 0 atom stereocenters. The first-order valence-electron chi connectivity index (χ1n) is 8.04. The molecule has 0 saturated heterocycles. The molecular weight excluding hydrogens is 338 g/mol. The Labute approximate surface area is 149 Å². The van der Waals surface area contributed by atoms with Crippen molar-refractivity contribution in [1.82, 2.24) is 24.8 Å². The maximum atomic E-state index is 12.5. The normalized spacial score (nSPS) is 14.3. The average Bonchev–Trinajstić information content (AvgIpc) is 2.65. The van der Waals surface area contributed by atoms with Crippen LogP contribution in [0.25, 0.3) is 11.4 Å². The largest absolute Gasteiger partial charge is 0.306 e. The molecule has 0 fully saturated rings. The van der Waals surface area contributed by atoms with Crippen LogP contribution in [0.2, 0.25) is 5.02 Å². The third kappa shape index (κ3) is 3.31. The molecule has 0 amide bonds. The fourth-order valence-electron chi connectivity index (χ4n) is 3.02. The highest BCUT2D eigenvalue weighted by Crippen LogP contribution is 2.21. The molecule has 0 unspecified atom stereocenters. The van der Waals surface area contributed by atoms with E-state index in [0.29, 0.717) is 23.9 Å². The number of aromatic amines is 1. The van der Waals surface area contributed by atoms with Gasteiger partial charge in [-0.25, -0.2) is 4.98 Å². The van der Waals surface area contributed by atoms with Crippen LogP contribution in [0.4, 0.5) is 0 Å². The van der Waals surface area contributed by atoms with Gasteiger partial charge < -0.3 is 4.98 Å². The number of aromatic nitrogens is 4. The van der Waals surface area contributed by atoms with Crippen molar-refractivity contribution in [2.24, 2.45) is 0 Å². The molecule has 3 aromatic rings. The minimum Gasteiger partial charge on any atom is -0.306 e. The van der Waals surface area contributed by atoms with Gasteiger partial charge in [0, 0.05) is 67.0 Å². The summed E-state index contributed by atoms with van der Waals surface area (Å²) in [6.07, 6.45) is 7.56. The molecule has 25 heavy (non-hydrogen) atoms. The van der Waals surface area contributed by atoms with Crippen molar-refractivity contribution in [3.63, 3.8) is 0 Å². The number of fused-ring (bicyclic) bond motifs is 1. The summed E-state index contributed by atoms with van der Waals surface area (Å²) in [5.41, 5.74) is 3.26. The number of hydrogen-bond acceptors (Lipinski definition) is 5. The summed E-state index contributed by atoms with van der Waals surface area (Å²) in [7, 11) is 0. The van der Waals surface area contributed by atoms with Crippen LogP contribution in [-0.2, 0) is 19.5 Å². The van der Waals surface area contributed by atoms with E-state index in [9.17, 15) is 4.79 Å². The average molecular weight is 354 g/mol. The van der Waals surface area contributed by atoms with Gasteiger partial charge in [-0.2, -0.15) is 0 Å². The molecule has 126 valence electrons. The van der Waals surface area contributed by atoms with Crippen LogP contribution in [0.3, 0.4) is 0 Å². The van der Waals surface area contributed by atoms with Gasteiger partial charge in [-0.1, -0.05) is 11.6 Å². The van der Waals surface area contributed by atoms with Crippen LogP contribution in [0, 0.1) is 0 Å². The molecule has 0 spiro atoms. The van der Waals surface area contributed by atoms with Crippen molar-refractivity contribution < 1.29 is 0 Å². The van der Waals surface area contributed by atoms with Crippen LogP contribution in [0.15, 0.2) is 47.8 Å². The van der Waals surface area contributed by atoms with E-state index >= 15 is 0 Å². The quantitative estimate of drug-likeness (QED) is 0.782. The van der Waals surface area contributed by atoms with E-state index in [1.807, 2.05) is 12.1 Å². The second kappa shape index (κ2) is 6.74. The third-order valence-electron chi connectivity index (χ3n) is 4.32. The van der Waals surface area contributed by atoms with E-state index in [1.54, 1.807) is 30.9 Å². The Morgan fingerprint density at radius 2 is 2.08 bits per heavy atom. The highest BCUT2D eigenvalue weighted by atomic mass is 35.5. The lowest BCUT2D eigenvalue weighted by Crippen LogP contribution is -2.35. The summed E-state index contributed by atoms with van der Waals surface area (Å²) in [5.74, 6) is 0.570. The van der Waals surface area contributed by atoms with Crippen molar-refractivity contribution >= 4 is 11.6 Å². The molecule has 1 aliphatic rings. The summed E-state index contributed by atoms with van der Waals surface area (Å²) < 4.78 is 0. The fraction of sp³-hybridized carbons (Fsp3) is 0.222. The van der Waals surface area contributed by atoms with Crippen LogP contribution in [0.5, 0.6) is 0 Å². The van der Waals surface area contributed by atoms with Gasteiger partial charge in [0.15, 0.2) is 0 Å². The standard InChI is InChI=1S/C18H16ClN5O/c19-15-3-6-21-9-13(15)10-24-7-4-16-14(11-24)18(25)23-17(22-16)12-2-1-5-20-8-12/h1-3,5-6,8-9H,4,7,10-11H2,(H,22,23,25). The Morgan fingerprint density at radius 1 is 1.20 bits per heavy atom. The van der Waals surface area contributed by atoms with E-state index in [0.717, 1.165) is 35.3 Å². The van der Waals surface area contributed by atoms with Crippen molar-refractivity contribution in [2.75, 3.05) is 6.54 Å². The van der Waals surface area contributed by atoms with Crippen LogP contribution < -0.4 is 5.56 Å². The third-order valence-corrected chi connectivity index (χ3v) is 4.69. The molecule has 0 radical (unpaired) electrons. The fourth-order valence-corrected chi connectivity index (χ4v) is 3.19. The van der Waals surface area contributed by atoms with E-state index < -0.39 is 0 Å². The Kier molecular flexibility index (Phi) is 4.29. The summed E-state index contributed by atoms with van der Waals surface area (Å²) in [4.78, 5) is 30.4. The number of nitrogens with zero attached hydrogens (tertiary/aromatic N) is 4. The van der Waals surface area contributed by atoms with Crippen molar-refractivity contribution in [3.05, 3.63) is 75.2 Å². The van der Waals surface area contributed by atoms with E-state index in [4.69, 9.17) is 11.6 Å². The smallest absolute Gasteiger partial charge is 0.255 e. The Bertz CT molecular complexity index is 957. The van der Waals surface area contributed by atoms with Gasteiger partial charge in [-0.05, 0) is 18.2 Å². The Balaban J connectivity index is 1.60. The Hall–Kier alpha value is -2.57. The second-order valence-electron chi connectivity index (χ2n) is 6.01. The van der Waals surface area contributed by atoms with Crippen LogP contribution in [0.1, 0.15) is 16.8 Å². The molecule has 1 N–H and O–H groups in total. The first kappa shape index (κ1) is 15.9. The topological polar surface area (TPSA) is 74.8 Å². The van der Waals surface area contributed by atoms with E-state index in [-0.39, 0.29) is 5.56 Å². The van der Waals surface area contributed by atoms with Gasteiger partial charge in [0.2, 0.25) is 0 Å². The van der Waals surface area contributed by atoms with E-state index in [1.165, 1.54) is 0 Å². The predicted octanol–water partition coefficient (Wildman–Crippen LogP) is 2.44. The number of hydrogen-bond donors (Lipinski definition) is 1. The first-order valence-corrected chi connectivity index (χ1v) is 8.42. The lowest BCUT2D eigenvalue weighted by Gasteiger charge is -2.27. The maximum Gasteiger partial charge on any atom is 0.255 e. The molecule has 4 rings (SSSR count). The number of pyridine rings is 2. The monoisotopic (exact) mass is 353 g/mol. The minimum absolute atomic E-state index is 0.0918. The SMILES string of the molecule is O=c1[nH]c(-c2cccnc2)nc2c1CN(Cc1cnccc1Cl)CC2. The van der Waals surface area contributed by atoms with Crippen LogP contribution in [-0.4, -0.2) is 31.4 Å². The lowest BCUT2D eigenvalue weighted by atomic mass is 10.1. The van der Waals surface area contributed by atoms with Crippen molar-refractivity contribution in [2.45, 2.75) is 19.5 Å². The summed E-state index contributed by atoms with van der Waals surface area (Å²) >= 11 is 6.21.